The highest BCUT2D eigenvalue weighted by molar-refractivity contribution is 6.30. The lowest BCUT2D eigenvalue weighted by Crippen LogP contribution is -2.22. The molecule has 0 saturated carbocycles. The molecule has 3 rings (SSSR count). The molecule has 1 atom stereocenters. The van der Waals surface area contributed by atoms with Crippen LogP contribution >= 0.6 is 11.6 Å². The SMILES string of the molecule is Fc1c(Cl)ncc2cc(COC3CCCCO3)[nH]c12. The van der Waals surface area contributed by atoms with Crippen molar-refractivity contribution < 1.29 is 13.9 Å². The van der Waals surface area contributed by atoms with Crippen LogP contribution in [0.1, 0.15) is 25.0 Å². The summed E-state index contributed by atoms with van der Waals surface area (Å²) in [5.41, 5.74) is 1.15. The number of H-pyrrole nitrogens is 1. The van der Waals surface area contributed by atoms with Crippen molar-refractivity contribution >= 4 is 22.5 Å². The van der Waals surface area contributed by atoms with E-state index in [0.717, 1.165) is 31.6 Å². The molecule has 2 aromatic rings. The number of nitrogens with zero attached hydrogens (tertiary/aromatic N) is 1. The van der Waals surface area contributed by atoms with Crippen LogP contribution < -0.4 is 0 Å². The van der Waals surface area contributed by atoms with Gasteiger partial charge in [0.1, 0.15) is 0 Å². The molecule has 1 saturated heterocycles. The van der Waals surface area contributed by atoms with E-state index >= 15 is 0 Å². The molecule has 2 aromatic heterocycles. The Morgan fingerprint density at radius 2 is 2.42 bits per heavy atom. The maximum Gasteiger partial charge on any atom is 0.184 e. The maximum absolute atomic E-state index is 13.7. The Morgan fingerprint density at radius 3 is 3.21 bits per heavy atom. The van der Waals surface area contributed by atoms with Gasteiger partial charge in [-0.05, 0) is 25.3 Å². The summed E-state index contributed by atoms with van der Waals surface area (Å²) in [5, 5.41) is 0.558. The lowest BCUT2D eigenvalue weighted by Gasteiger charge is -2.22. The number of aromatic nitrogens is 2. The highest BCUT2D eigenvalue weighted by Crippen LogP contribution is 2.23. The van der Waals surface area contributed by atoms with E-state index in [0.29, 0.717) is 17.5 Å². The normalized spacial score (nSPS) is 20.0. The highest BCUT2D eigenvalue weighted by atomic mass is 35.5. The van der Waals surface area contributed by atoms with Crippen LogP contribution in [-0.2, 0) is 16.1 Å². The quantitative estimate of drug-likeness (QED) is 0.879. The van der Waals surface area contributed by atoms with E-state index in [1.807, 2.05) is 6.07 Å². The molecule has 4 nitrogen and oxygen atoms in total. The molecule has 1 unspecified atom stereocenters. The zero-order chi connectivity index (χ0) is 13.2. The summed E-state index contributed by atoms with van der Waals surface area (Å²) in [6.07, 6.45) is 4.49. The van der Waals surface area contributed by atoms with Gasteiger partial charge in [0.15, 0.2) is 17.3 Å². The Bertz CT molecular complexity index is 581. The predicted octanol–water partition coefficient (Wildman–Crippen LogP) is 3.40. The minimum atomic E-state index is -0.528. The van der Waals surface area contributed by atoms with Gasteiger partial charge in [-0.1, -0.05) is 11.6 Å². The van der Waals surface area contributed by atoms with Gasteiger partial charge in [-0.3, -0.25) is 0 Å². The first-order valence-electron chi connectivity index (χ1n) is 6.29. The molecule has 1 aliphatic rings. The topological polar surface area (TPSA) is 47.1 Å². The maximum atomic E-state index is 13.7. The largest absolute Gasteiger partial charge is 0.354 e. The third kappa shape index (κ3) is 2.73. The number of aromatic amines is 1. The Kier molecular flexibility index (Phi) is 3.68. The molecule has 3 heterocycles. The molecule has 0 aromatic carbocycles. The second kappa shape index (κ2) is 5.45. The minimum absolute atomic E-state index is 0.127. The number of halogens is 2. The molecular weight excluding hydrogens is 271 g/mol. The van der Waals surface area contributed by atoms with E-state index in [1.54, 1.807) is 0 Å². The highest BCUT2D eigenvalue weighted by Gasteiger charge is 2.15. The van der Waals surface area contributed by atoms with Crippen molar-refractivity contribution in [3.63, 3.8) is 0 Å². The van der Waals surface area contributed by atoms with Gasteiger partial charge in [0, 0.05) is 23.9 Å². The second-order valence-electron chi connectivity index (χ2n) is 4.60. The molecule has 0 radical (unpaired) electrons. The first-order chi connectivity index (χ1) is 9.24. The average Bonchev–Trinajstić information content (AvgIpc) is 2.86. The lowest BCUT2D eigenvalue weighted by atomic mass is 10.2. The Hall–Kier alpha value is -1.17. The van der Waals surface area contributed by atoms with Crippen LogP contribution in [0.2, 0.25) is 5.15 Å². The van der Waals surface area contributed by atoms with Crippen molar-refractivity contribution in [3.8, 4) is 0 Å². The van der Waals surface area contributed by atoms with Gasteiger partial charge in [0.2, 0.25) is 0 Å². The zero-order valence-electron chi connectivity index (χ0n) is 10.3. The molecule has 0 bridgehead atoms. The van der Waals surface area contributed by atoms with Gasteiger partial charge in [0.25, 0.3) is 0 Å². The van der Waals surface area contributed by atoms with Crippen molar-refractivity contribution in [1.29, 1.82) is 0 Å². The van der Waals surface area contributed by atoms with Gasteiger partial charge in [-0.25, -0.2) is 9.37 Å². The third-order valence-corrected chi connectivity index (χ3v) is 3.45. The number of nitrogens with one attached hydrogen (secondary N) is 1. The smallest absolute Gasteiger partial charge is 0.184 e. The predicted molar refractivity (Wildman–Crippen MR) is 69.4 cm³/mol. The van der Waals surface area contributed by atoms with Crippen LogP contribution in [0.4, 0.5) is 4.39 Å². The van der Waals surface area contributed by atoms with Crippen LogP contribution in [-0.4, -0.2) is 22.9 Å². The molecule has 19 heavy (non-hydrogen) atoms. The van der Waals surface area contributed by atoms with Crippen molar-refractivity contribution in [2.75, 3.05) is 6.61 Å². The van der Waals surface area contributed by atoms with E-state index in [4.69, 9.17) is 21.1 Å². The molecule has 0 aliphatic carbocycles. The number of hydrogen-bond acceptors (Lipinski definition) is 3. The van der Waals surface area contributed by atoms with Crippen molar-refractivity contribution in [1.82, 2.24) is 9.97 Å². The first kappa shape index (κ1) is 12.8. The van der Waals surface area contributed by atoms with E-state index in [-0.39, 0.29) is 11.4 Å². The molecular formula is C13H14ClFN2O2. The summed E-state index contributed by atoms with van der Waals surface area (Å²) in [6, 6.07) is 1.81. The number of hydrogen-bond donors (Lipinski definition) is 1. The van der Waals surface area contributed by atoms with E-state index in [2.05, 4.69) is 9.97 Å². The summed E-state index contributed by atoms with van der Waals surface area (Å²) in [7, 11) is 0. The lowest BCUT2D eigenvalue weighted by molar-refractivity contribution is -0.169. The van der Waals surface area contributed by atoms with Gasteiger partial charge in [0.05, 0.1) is 12.1 Å². The summed E-state index contributed by atoms with van der Waals surface area (Å²) < 4.78 is 24.8. The standard InChI is InChI=1S/C13H14ClFN2O2/c14-13-11(15)12-8(6-16-13)5-9(17-12)7-19-10-3-1-2-4-18-10/h5-6,10,17H,1-4,7H2. The van der Waals surface area contributed by atoms with E-state index in [9.17, 15) is 4.39 Å². The van der Waals surface area contributed by atoms with Crippen molar-refractivity contribution in [2.24, 2.45) is 0 Å². The monoisotopic (exact) mass is 284 g/mol. The number of rotatable bonds is 3. The van der Waals surface area contributed by atoms with Gasteiger partial charge in [-0.2, -0.15) is 0 Å². The number of fused-ring (bicyclic) bond motifs is 1. The van der Waals surface area contributed by atoms with Crippen LogP contribution in [0, 0.1) is 5.82 Å². The summed E-state index contributed by atoms with van der Waals surface area (Å²) in [4.78, 5) is 6.74. The molecule has 102 valence electrons. The summed E-state index contributed by atoms with van der Waals surface area (Å²) in [5.74, 6) is -0.528. The van der Waals surface area contributed by atoms with Crippen LogP contribution in [0.25, 0.3) is 10.9 Å². The summed E-state index contributed by atoms with van der Waals surface area (Å²) >= 11 is 5.64. The first-order valence-corrected chi connectivity index (χ1v) is 6.66. The van der Waals surface area contributed by atoms with Crippen molar-refractivity contribution in [2.45, 2.75) is 32.2 Å². The fourth-order valence-corrected chi connectivity index (χ4v) is 2.34. The van der Waals surface area contributed by atoms with Crippen LogP contribution in [0.15, 0.2) is 12.3 Å². The minimum Gasteiger partial charge on any atom is -0.354 e. The van der Waals surface area contributed by atoms with Crippen LogP contribution in [0.3, 0.4) is 0 Å². The molecule has 1 N–H and O–H groups in total. The second-order valence-corrected chi connectivity index (χ2v) is 4.95. The van der Waals surface area contributed by atoms with Gasteiger partial charge < -0.3 is 14.5 Å². The van der Waals surface area contributed by atoms with Crippen molar-refractivity contribution in [3.05, 3.63) is 28.9 Å². The summed E-state index contributed by atoms with van der Waals surface area (Å²) in [6.45, 7) is 1.10. The van der Waals surface area contributed by atoms with E-state index < -0.39 is 5.82 Å². The van der Waals surface area contributed by atoms with Crippen LogP contribution in [0.5, 0.6) is 0 Å². The van der Waals surface area contributed by atoms with Gasteiger partial charge in [-0.15, -0.1) is 0 Å². The zero-order valence-corrected chi connectivity index (χ0v) is 11.0. The van der Waals surface area contributed by atoms with Gasteiger partial charge >= 0.3 is 0 Å². The number of pyridine rings is 1. The Balaban J connectivity index is 1.72. The number of ether oxygens (including phenoxy) is 2. The average molecular weight is 285 g/mol. The molecule has 0 spiro atoms. The fraction of sp³-hybridized carbons (Fsp3) is 0.462. The third-order valence-electron chi connectivity index (χ3n) is 3.18. The molecule has 0 amide bonds. The molecule has 6 heteroatoms. The Morgan fingerprint density at radius 1 is 1.53 bits per heavy atom. The molecule has 1 fully saturated rings. The fourth-order valence-electron chi connectivity index (χ4n) is 2.20. The molecule has 1 aliphatic heterocycles. The van der Waals surface area contributed by atoms with E-state index in [1.165, 1.54) is 6.20 Å². The Labute approximate surface area is 114 Å².